The monoisotopic (exact) mass is 411 g/mol. The third-order valence-corrected chi connectivity index (χ3v) is 5.39. The molecule has 4 rings (SSSR count). The molecule has 0 atom stereocenters. The molecule has 0 aliphatic carbocycles. The number of allylic oxidation sites excluding steroid dienone is 1. The molecule has 0 aromatic carbocycles. The van der Waals surface area contributed by atoms with E-state index in [9.17, 15) is 4.79 Å². The van der Waals surface area contributed by atoms with Crippen LogP contribution in [-0.2, 0) is 20.8 Å². The van der Waals surface area contributed by atoms with Gasteiger partial charge in [0.25, 0.3) is 0 Å². The predicted octanol–water partition coefficient (Wildman–Crippen LogP) is 3.26. The Morgan fingerprint density at radius 2 is 2.34 bits per heavy atom. The molecule has 150 valence electrons. The fourth-order valence-electron chi connectivity index (χ4n) is 3.22. The highest BCUT2D eigenvalue weighted by Gasteiger charge is 2.30. The number of aromatic amines is 1. The van der Waals surface area contributed by atoms with Gasteiger partial charge in [-0.2, -0.15) is 0 Å². The van der Waals surface area contributed by atoms with E-state index in [2.05, 4.69) is 9.97 Å². The number of thiophene rings is 1. The number of hydrogen-bond donors (Lipinski definition) is 2. The Kier molecular flexibility index (Phi) is 5.64. The SMILES string of the molecule is CN(Cc1cccs1)C1=C(C(=O)OCCO)C/C(=C/c2c[nH]c3ncccc23)O1. The summed E-state index contributed by atoms with van der Waals surface area (Å²) in [5, 5.41) is 12.0. The topological polar surface area (TPSA) is 87.7 Å². The highest BCUT2D eigenvalue weighted by atomic mass is 32.1. The second-order valence-electron chi connectivity index (χ2n) is 6.61. The molecule has 29 heavy (non-hydrogen) atoms. The molecule has 0 saturated carbocycles. The van der Waals surface area contributed by atoms with Crippen LogP contribution in [0.5, 0.6) is 0 Å². The number of aliphatic hydroxyl groups excluding tert-OH is 1. The maximum absolute atomic E-state index is 12.5. The maximum atomic E-state index is 12.5. The molecule has 0 amide bonds. The van der Waals surface area contributed by atoms with E-state index in [-0.39, 0.29) is 13.2 Å². The van der Waals surface area contributed by atoms with Crippen molar-refractivity contribution >= 4 is 34.4 Å². The van der Waals surface area contributed by atoms with Gasteiger partial charge in [0.1, 0.15) is 23.6 Å². The third kappa shape index (κ3) is 4.18. The van der Waals surface area contributed by atoms with Crippen molar-refractivity contribution in [2.45, 2.75) is 13.0 Å². The van der Waals surface area contributed by atoms with Gasteiger partial charge in [-0.25, -0.2) is 9.78 Å². The second kappa shape index (κ2) is 8.50. The zero-order chi connectivity index (χ0) is 20.2. The molecule has 2 N–H and O–H groups in total. The number of carbonyl (C=O) groups is 1. The number of pyridine rings is 1. The van der Waals surface area contributed by atoms with E-state index in [0.29, 0.717) is 30.2 Å². The summed E-state index contributed by atoms with van der Waals surface area (Å²) in [6, 6.07) is 7.89. The molecule has 3 aromatic heterocycles. The van der Waals surface area contributed by atoms with Crippen molar-refractivity contribution in [2.75, 3.05) is 20.3 Å². The van der Waals surface area contributed by atoms with Crippen LogP contribution in [0.2, 0.25) is 0 Å². The molecule has 7 nitrogen and oxygen atoms in total. The first-order chi connectivity index (χ1) is 14.2. The maximum Gasteiger partial charge on any atom is 0.339 e. The lowest BCUT2D eigenvalue weighted by atomic mass is 10.1. The van der Waals surface area contributed by atoms with Crippen molar-refractivity contribution in [3.63, 3.8) is 0 Å². The Labute approximate surface area is 171 Å². The van der Waals surface area contributed by atoms with Gasteiger partial charge >= 0.3 is 5.97 Å². The summed E-state index contributed by atoms with van der Waals surface area (Å²) in [5.74, 6) is 0.653. The standard InChI is InChI=1S/C21H21N3O4S/c1-24(13-16-4-3-9-29-16)20-18(21(26)27-8-7-25)11-15(28-20)10-14-12-23-19-17(14)5-2-6-22-19/h2-6,9-10,12,25H,7-8,11,13H2,1H3,(H,22,23)/b15-10-. The number of fused-ring (bicyclic) bond motifs is 1. The van der Waals surface area contributed by atoms with Gasteiger partial charge in [-0.3, -0.25) is 0 Å². The Bertz CT molecular complexity index is 1070. The number of carbonyl (C=O) groups excluding carboxylic acids is 1. The van der Waals surface area contributed by atoms with Crippen LogP contribution in [0, 0.1) is 0 Å². The minimum atomic E-state index is -0.476. The van der Waals surface area contributed by atoms with E-state index < -0.39 is 5.97 Å². The van der Waals surface area contributed by atoms with Crippen LogP contribution in [0.3, 0.4) is 0 Å². The third-order valence-electron chi connectivity index (χ3n) is 4.53. The molecule has 1 aliphatic heterocycles. The van der Waals surface area contributed by atoms with E-state index in [1.807, 2.05) is 53.9 Å². The summed E-state index contributed by atoms with van der Waals surface area (Å²) in [6.45, 7) is 0.358. The van der Waals surface area contributed by atoms with Crippen LogP contribution in [-0.4, -0.2) is 46.2 Å². The Morgan fingerprint density at radius 1 is 1.45 bits per heavy atom. The number of esters is 1. The first kappa shape index (κ1) is 19.2. The van der Waals surface area contributed by atoms with Crippen LogP contribution >= 0.6 is 11.3 Å². The highest BCUT2D eigenvalue weighted by molar-refractivity contribution is 7.09. The van der Waals surface area contributed by atoms with Gasteiger partial charge in [-0.05, 0) is 29.7 Å². The quantitative estimate of drug-likeness (QED) is 0.580. The molecular formula is C21H21N3O4S. The lowest BCUT2D eigenvalue weighted by Gasteiger charge is -2.20. The zero-order valence-corrected chi connectivity index (χ0v) is 16.7. The van der Waals surface area contributed by atoms with Crippen LogP contribution < -0.4 is 0 Å². The van der Waals surface area contributed by atoms with E-state index in [1.165, 1.54) is 0 Å². The molecule has 0 fully saturated rings. The average molecular weight is 411 g/mol. The highest BCUT2D eigenvalue weighted by Crippen LogP contribution is 2.34. The van der Waals surface area contributed by atoms with Crippen molar-refractivity contribution in [3.8, 4) is 0 Å². The van der Waals surface area contributed by atoms with E-state index in [4.69, 9.17) is 14.6 Å². The minimum Gasteiger partial charge on any atom is -0.460 e. The van der Waals surface area contributed by atoms with Gasteiger partial charge in [0.2, 0.25) is 5.88 Å². The smallest absolute Gasteiger partial charge is 0.339 e. The van der Waals surface area contributed by atoms with E-state index in [1.54, 1.807) is 17.5 Å². The number of hydrogen-bond acceptors (Lipinski definition) is 7. The summed E-state index contributed by atoms with van der Waals surface area (Å²) in [6.07, 6.45) is 5.83. The van der Waals surface area contributed by atoms with E-state index >= 15 is 0 Å². The summed E-state index contributed by atoms with van der Waals surface area (Å²) in [4.78, 5) is 23.0. The largest absolute Gasteiger partial charge is 0.460 e. The van der Waals surface area contributed by atoms with Crippen molar-refractivity contribution in [1.29, 1.82) is 0 Å². The number of rotatable bonds is 7. The van der Waals surface area contributed by atoms with Crippen LogP contribution in [0.4, 0.5) is 0 Å². The lowest BCUT2D eigenvalue weighted by molar-refractivity contribution is -0.140. The number of aliphatic hydroxyl groups is 1. The molecule has 0 saturated heterocycles. The Hall–Kier alpha value is -3.10. The number of nitrogens with zero attached hydrogens (tertiary/aromatic N) is 2. The molecule has 0 unspecified atom stereocenters. The number of aromatic nitrogens is 2. The van der Waals surface area contributed by atoms with Crippen molar-refractivity contribution in [3.05, 3.63) is 69.7 Å². The molecule has 0 radical (unpaired) electrons. The molecule has 8 heteroatoms. The summed E-state index contributed by atoms with van der Waals surface area (Å²) in [5.41, 5.74) is 2.18. The first-order valence-electron chi connectivity index (χ1n) is 9.21. The van der Waals surface area contributed by atoms with Gasteiger partial charge in [-0.1, -0.05) is 6.07 Å². The molecule has 3 aromatic rings. The lowest BCUT2D eigenvalue weighted by Crippen LogP contribution is -2.20. The van der Waals surface area contributed by atoms with Gasteiger partial charge < -0.3 is 24.5 Å². The summed E-state index contributed by atoms with van der Waals surface area (Å²) in [7, 11) is 1.88. The van der Waals surface area contributed by atoms with Crippen LogP contribution in [0.25, 0.3) is 17.1 Å². The van der Waals surface area contributed by atoms with Crippen molar-refractivity contribution in [2.24, 2.45) is 0 Å². The fourth-order valence-corrected chi connectivity index (χ4v) is 3.98. The predicted molar refractivity (Wildman–Crippen MR) is 111 cm³/mol. The van der Waals surface area contributed by atoms with Gasteiger partial charge in [-0.15, -0.1) is 11.3 Å². The van der Waals surface area contributed by atoms with Gasteiger partial charge in [0.15, 0.2) is 0 Å². The molecule has 4 heterocycles. The van der Waals surface area contributed by atoms with Gasteiger partial charge in [0, 0.05) is 41.7 Å². The van der Waals surface area contributed by atoms with Crippen molar-refractivity contribution < 1.29 is 19.4 Å². The molecular weight excluding hydrogens is 390 g/mol. The first-order valence-corrected chi connectivity index (χ1v) is 10.1. The Balaban J connectivity index is 1.61. The number of nitrogens with one attached hydrogen (secondary N) is 1. The number of H-pyrrole nitrogens is 1. The van der Waals surface area contributed by atoms with Crippen LogP contribution in [0.15, 0.2) is 59.3 Å². The minimum absolute atomic E-state index is 0.0442. The average Bonchev–Trinajstić information content (AvgIpc) is 3.47. The van der Waals surface area contributed by atoms with Crippen LogP contribution in [0.1, 0.15) is 16.9 Å². The molecule has 0 bridgehead atoms. The summed E-state index contributed by atoms with van der Waals surface area (Å²) >= 11 is 1.64. The molecule has 1 aliphatic rings. The summed E-state index contributed by atoms with van der Waals surface area (Å²) < 4.78 is 11.2. The fraction of sp³-hybridized carbons (Fsp3) is 0.238. The second-order valence-corrected chi connectivity index (χ2v) is 7.64. The van der Waals surface area contributed by atoms with Gasteiger partial charge in [0.05, 0.1) is 13.2 Å². The Morgan fingerprint density at radius 3 is 3.14 bits per heavy atom. The molecule has 0 spiro atoms. The number of ether oxygens (including phenoxy) is 2. The normalized spacial score (nSPS) is 15.2. The zero-order valence-electron chi connectivity index (χ0n) is 15.9. The van der Waals surface area contributed by atoms with Crippen molar-refractivity contribution in [1.82, 2.24) is 14.9 Å². The van der Waals surface area contributed by atoms with E-state index in [0.717, 1.165) is 21.5 Å².